The number of benzene rings is 1. The summed E-state index contributed by atoms with van der Waals surface area (Å²) in [4.78, 5) is 17.3. The van der Waals surface area contributed by atoms with Crippen molar-refractivity contribution in [1.29, 1.82) is 0 Å². The maximum absolute atomic E-state index is 12.9. The quantitative estimate of drug-likeness (QED) is 0.696. The lowest BCUT2D eigenvalue weighted by atomic mass is 9.82. The minimum absolute atomic E-state index is 0.150. The molecule has 0 amide bonds. The molecule has 0 radical (unpaired) electrons. The first kappa shape index (κ1) is 15.1. The molecule has 0 unspecified atom stereocenters. The molecule has 26 heavy (non-hydrogen) atoms. The van der Waals surface area contributed by atoms with Gasteiger partial charge in [-0.25, -0.2) is 4.63 Å². The fourth-order valence-corrected chi connectivity index (χ4v) is 3.82. The Morgan fingerprint density at radius 2 is 2.04 bits per heavy atom. The highest BCUT2D eigenvalue weighted by molar-refractivity contribution is 6.00. The molecule has 2 aliphatic rings. The van der Waals surface area contributed by atoms with E-state index in [1.807, 2.05) is 24.3 Å². The van der Waals surface area contributed by atoms with E-state index >= 15 is 0 Å². The van der Waals surface area contributed by atoms with Gasteiger partial charge in [0.25, 0.3) is 0 Å². The van der Waals surface area contributed by atoms with E-state index in [1.54, 1.807) is 6.20 Å². The van der Waals surface area contributed by atoms with Crippen LogP contribution >= 0.6 is 0 Å². The van der Waals surface area contributed by atoms with Gasteiger partial charge in [-0.05, 0) is 46.4 Å². The van der Waals surface area contributed by atoms with Gasteiger partial charge in [-0.3, -0.25) is 9.78 Å². The number of hydrogen-bond acceptors (Lipinski definition) is 7. The van der Waals surface area contributed by atoms with E-state index in [1.165, 1.54) is 0 Å². The summed E-state index contributed by atoms with van der Waals surface area (Å²) in [5, 5.41) is 15.5. The second-order valence-corrected chi connectivity index (χ2v) is 6.95. The molecule has 1 aliphatic heterocycles. The van der Waals surface area contributed by atoms with Crippen LogP contribution in [0.25, 0.3) is 10.9 Å². The molecule has 0 bridgehead atoms. The van der Waals surface area contributed by atoms with E-state index in [0.717, 1.165) is 34.2 Å². The van der Waals surface area contributed by atoms with E-state index < -0.39 is 0 Å². The van der Waals surface area contributed by atoms with Crippen LogP contribution in [0.4, 0.5) is 11.6 Å². The number of fused-ring (bicyclic) bond motifs is 2. The van der Waals surface area contributed by atoms with Crippen LogP contribution in [-0.4, -0.2) is 21.1 Å². The van der Waals surface area contributed by atoms with Gasteiger partial charge in [0.15, 0.2) is 5.78 Å². The van der Waals surface area contributed by atoms with E-state index in [4.69, 9.17) is 4.63 Å². The zero-order valence-electron chi connectivity index (χ0n) is 14.2. The number of Topliss-reactive ketones (excluding diaryl/α,β-unsaturated/α-hetero) is 1. The zero-order valence-corrected chi connectivity index (χ0v) is 14.2. The minimum atomic E-state index is -0.310. The van der Waals surface area contributed by atoms with Crippen molar-refractivity contribution in [2.45, 2.75) is 25.8 Å². The third kappa shape index (κ3) is 2.35. The van der Waals surface area contributed by atoms with E-state index in [0.29, 0.717) is 18.1 Å². The van der Waals surface area contributed by atoms with Gasteiger partial charge in [0.1, 0.15) is 0 Å². The average Bonchev–Trinajstić information content (AvgIpc) is 3.00. The van der Waals surface area contributed by atoms with E-state index in [-0.39, 0.29) is 17.7 Å². The molecule has 7 nitrogen and oxygen atoms in total. The number of hydrogen-bond donors (Lipinski definition) is 2. The number of nitrogens with one attached hydrogen (secondary N) is 2. The maximum Gasteiger partial charge on any atom is 0.219 e. The Balaban J connectivity index is 1.68. The largest absolute Gasteiger partial charge is 0.353 e. The highest BCUT2D eigenvalue weighted by Crippen LogP contribution is 2.40. The summed E-state index contributed by atoms with van der Waals surface area (Å²) < 4.78 is 4.87. The highest BCUT2D eigenvalue weighted by Gasteiger charge is 2.35. The summed E-state index contributed by atoms with van der Waals surface area (Å²) in [7, 11) is 0. The normalized spacial score (nSPS) is 22.3. The topological polar surface area (TPSA) is 92.9 Å². The third-order valence-corrected chi connectivity index (χ3v) is 5.00. The summed E-state index contributed by atoms with van der Waals surface area (Å²) in [6.07, 6.45) is 3.11. The maximum atomic E-state index is 12.9. The second-order valence-electron chi connectivity index (χ2n) is 6.95. The van der Waals surface area contributed by atoms with Crippen molar-refractivity contribution in [3.05, 3.63) is 53.4 Å². The van der Waals surface area contributed by atoms with Crippen LogP contribution in [-0.2, 0) is 4.79 Å². The number of carbonyl (C=O) groups is 1. The number of aromatic nitrogens is 3. The first-order valence-corrected chi connectivity index (χ1v) is 8.66. The van der Waals surface area contributed by atoms with Crippen LogP contribution in [0.1, 0.15) is 31.4 Å². The van der Waals surface area contributed by atoms with Gasteiger partial charge < -0.3 is 10.6 Å². The minimum Gasteiger partial charge on any atom is -0.353 e. The molecule has 1 aromatic carbocycles. The van der Waals surface area contributed by atoms with Gasteiger partial charge in [-0.15, -0.1) is 0 Å². The fraction of sp³-hybridized carbons (Fsp3) is 0.263. The molecule has 0 saturated carbocycles. The molecule has 1 aliphatic carbocycles. The van der Waals surface area contributed by atoms with Crippen LogP contribution < -0.4 is 10.6 Å². The Morgan fingerprint density at radius 1 is 1.15 bits per heavy atom. The number of rotatable bonds is 1. The molecule has 5 rings (SSSR count). The smallest absolute Gasteiger partial charge is 0.219 e. The van der Waals surface area contributed by atoms with Crippen LogP contribution in [0.2, 0.25) is 0 Å². The Labute approximate surface area is 149 Å². The Bertz CT molecular complexity index is 1050. The SMILES string of the molecule is C[C@@H]1CC(=O)C2=C(C1)Nc1nonc1N[C@@H]2c1ccc2ncccc2c1. The molecule has 2 aromatic heterocycles. The molecule has 3 heterocycles. The van der Waals surface area contributed by atoms with Crippen LogP contribution in [0.5, 0.6) is 0 Å². The number of carbonyl (C=O) groups excluding carboxylic acids is 1. The molecular weight excluding hydrogens is 330 g/mol. The van der Waals surface area contributed by atoms with E-state index in [9.17, 15) is 4.79 Å². The fourth-order valence-electron chi connectivity index (χ4n) is 3.82. The van der Waals surface area contributed by atoms with Crippen molar-refractivity contribution < 1.29 is 9.42 Å². The monoisotopic (exact) mass is 347 g/mol. The van der Waals surface area contributed by atoms with Gasteiger partial charge in [-0.2, -0.15) is 0 Å². The Kier molecular flexibility index (Phi) is 3.28. The van der Waals surface area contributed by atoms with Crippen LogP contribution in [0, 0.1) is 5.92 Å². The van der Waals surface area contributed by atoms with Gasteiger partial charge in [-0.1, -0.05) is 19.1 Å². The lowest BCUT2D eigenvalue weighted by Crippen LogP contribution is -2.26. The van der Waals surface area contributed by atoms with Crippen LogP contribution in [0.15, 0.2) is 52.4 Å². The Morgan fingerprint density at radius 3 is 2.96 bits per heavy atom. The number of allylic oxidation sites excluding steroid dienone is 1. The number of ketones is 1. The van der Waals surface area contributed by atoms with Crippen molar-refractivity contribution in [3.8, 4) is 0 Å². The molecule has 0 spiro atoms. The van der Waals surface area contributed by atoms with Crippen molar-refractivity contribution in [2.75, 3.05) is 10.6 Å². The van der Waals surface area contributed by atoms with Crippen molar-refractivity contribution in [3.63, 3.8) is 0 Å². The number of pyridine rings is 1. The molecule has 3 aromatic rings. The lowest BCUT2D eigenvalue weighted by Gasteiger charge is -2.27. The molecular formula is C19H17N5O2. The summed E-state index contributed by atoms with van der Waals surface area (Å²) in [5.74, 6) is 1.47. The van der Waals surface area contributed by atoms with Gasteiger partial charge in [0.2, 0.25) is 11.6 Å². The second kappa shape index (κ2) is 5.66. The third-order valence-electron chi connectivity index (χ3n) is 5.00. The van der Waals surface area contributed by atoms with Gasteiger partial charge >= 0.3 is 0 Å². The van der Waals surface area contributed by atoms with Gasteiger partial charge in [0, 0.05) is 29.3 Å². The highest BCUT2D eigenvalue weighted by atomic mass is 16.6. The average molecular weight is 347 g/mol. The van der Waals surface area contributed by atoms with Crippen molar-refractivity contribution >= 4 is 28.3 Å². The summed E-state index contributed by atoms with van der Waals surface area (Å²) >= 11 is 0. The van der Waals surface area contributed by atoms with E-state index in [2.05, 4.69) is 38.9 Å². The lowest BCUT2D eigenvalue weighted by molar-refractivity contribution is -0.117. The van der Waals surface area contributed by atoms with Crippen LogP contribution in [0.3, 0.4) is 0 Å². The number of nitrogens with zero attached hydrogens (tertiary/aromatic N) is 3. The predicted octanol–water partition coefficient (Wildman–Crippen LogP) is 3.45. The molecule has 130 valence electrons. The van der Waals surface area contributed by atoms with Crippen molar-refractivity contribution in [1.82, 2.24) is 15.3 Å². The predicted molar refractivity (Wildman–Crippen MR) is 96.5 cm³/mol. The Hall–Kier alpha value is -3.22. The standard InChI is InChI=1S/C19H17N5O2/c1-10-7-14-16(15(25)8-10)17(22-19-18(21-14)23-26-24-19)12-4-5-13-11(9-12)3-2-6-20-13/h2-6,9-10,17H,7-8H2,1H3,(H,21,23)(H,22,24)/t10-,17+/m0/s1. The molecule has 7 heteroatoms. The molecule has 2 atom stereocenters. The van der Waals surface area contributed by atoms with Gasteiger partial charge in [0.05, 0.1) is 11.6 Å². The first-order valence-electron chi connectivity index (χ1n) is 8.66. The molecule has 0 fully saturated rings. The zero-order chi connectivity index (χ0) is 17.7. The molecule has 0 saturated heterocycles. The first-order chi connectivity index (χ1) is 12.7. The molecule has 2 N–H and O–H groups in total. The number of anilines is 2. The summed E-state index contributed by atoms with van der Waals surface area (Å²) in [6.45, 7) is 2.08. The van der Waals surface area contributed by atoms with Crippen molar-refractivity contribution in [2.24, 2.45) is 5.92 Å². The summed E-state index contributed by atoms with van der Waals surface area (Å²) in [6, 6.07) is 9.66. The summed E-state index contributed by atoms with van der Waals surface area (Å²) in [5.41, 5.74) is 3.56.